The van der Waals surface area contributed by atoms with Crippen LogP contribution in [-0.2, 0) is 11.2 Å². The average molecular weight is 426 g/mol. The molecule has 2 aliphatic heterocycles. The molecule has 2 fully saturated rings. The fraction of sp³-hybridized carbons (Fsp3) is 0.522. The maximum Gasteiger partial charge on any atom is 0.321 e. The highest BCUT2D eigenvalue weighted by molar-refractivity contribution is 5.89. The quantitative estimate of drug-likeness (QED) is 0.733. The summed E-state index contributed by atoms with van der Waals surface area (Å²) < 4.78 is 11.5. The largest absolute Gasteiger partial charge is 0.472 e. The average Bonchev–Trinajstić information content (AvgIpc) is 3.28. The van der Waals surface area contributed by atoms with Gasteiger partial charge in [-0.15, -0.1) is 0 Å². The van der Waals surface area contributed by atoms with E-state index in [4.69, 9.17) is 9.47 Å². The number of hydrogen-bond acceptors (Lipinski definition) is 6. The van der Waals surface area contributed by atoms with Crippen molar-refractivity contribution in [2.24, 2.45) is 0 Å². The Morgan fingerprint density at radius 1 is 1.19 bits per heavy atom. The van der Waals surface area contributed by atoms with Crippen LogP contribution in [0.25, 0.3) is 0 Å². The van der Waals surface area contributed by atoms with Crippen LogP contribution in [0.15, 0.2) is 36.7 Å². The molecule has 0 aliphatic carbocycles. The Balaban J connectivity index is 1.27. The summed E-state index contributed by atoms with van der Waals surface area (Å²) in [5, 5.41) is 2.99. The van der Waals surface area contributed by atoms with Gasteiger partial charge in [0.2, 0.25) is 5.88 Å². The number of nitrogens with zero attached hydrogens (tertiary/aromatic N) is 4. The maximum absolute atomic E-state index is 12.6. The predicted octanol–water partition coefficient (Wildman–Crippen LogP) is 3.34. The summed E-state index contributed by atoms with van der Waals surface area (Å²) in [7, 11) is 0. The lowest BCUT2D eigenvalue weighted by Gasteiger charge is -2.27. The summed E-state index contributed by atoms with van der Waals surface area (Å²) in [5.41, 5.74) is 2.12. The number of carbonyl (C=O) groups is 1. The van der Waals surface area contributed by atoms with Crippen LogP contribution in [0.3, 0.4) is 0 Å². The van der Waals surface area contributed by atoms with Crippen LogP contribution in [0, 0.1) is 0 Å². The SMILES string of the molecule is CCCCc1ccc(NC(=O)N2CCC(Oc3cc(N4CCOCC4)ncn3)C2)cc1. The fourth-order valence-corrected chi connectivity index (χ4v) is 3.88. The molecule has 1 aromatic heterocycles. The number of likely N-dealkylation sites (tertiary alicyclic amines) is 1. The number of hydrogen-bond donors (Lipinski definition) is 1. The number of aromatic nitrogens is 2. The minimum atomic E-state index is -0.0934. The number of benzene rings is 1. The molecule has 2 amide bonds. The molecular formula is C23H31N5O3. The van der Waals surface area contributed by atoms with Crippen LogP contribution in [0.1, 0.15) is 31.7 Å². The zero-order valence-electron chi connectivity index (χ0n) is 18.1. The second-order valence-electron chi connectivity index (χ2n) is 8.02. The molecule has 2 aromatic rings. The van der Waals surface area contributed by atoms with E-state index in [0.29, 0.717) is 32.2 Å². The summed E-state index contributed by atoms with van der Waals surface area (Å²) in [4.78, 5) is 25.2. The van der Waals surface area contributed by atoms with E-state index in [9.17, 15) is 4.79 Å². The minimum absolute atomic E-state index is 0.0744. The highest BCUT2D eigenvalue weighted by Crippen LogP contribution is 2.21. The number of ether oxygens (including phenoxy) is 2. The number of rotatable bonds is 7. The highest BCUT2D eigenvalue weighted by atomic mass is 16.5. The molecule has 1 aromatic carbocycles. The minimum Gasteiger partial charge on any atom is -0.472 e. The number of amides is 2. The summed E-state index contributed by atoms with van der Waals surface area (Å²) in [6.45, 7) is 6.42. The maximum atomic E-state index is 12.6. The van der Waals surface area contributed by atoms with Gasteiger partial charge in [-0.1, -0.05) is 25.5 Å². The van der Waals surface area contributed by atoms with Crippen molar-refractivity contribution in [3.05, 3.63) is 42.2 Å². The number of carbonyl (C=O) groups excluding carboxylic acids is 1. The van der Waals surface area contributed by atoms with E-state index in [2.05, 4.69) is 39.2 Å². The first-order valence-corrected chi connectivity index (χ1v) is 11.2. The predicted molar refractivity (Wildman–Crippen MR) is 120 cm³/mol. The third kappa shape index (κ3) is 5.85. The van der Waals surface area contributed by atoms with Crippen molar-refractivity contribution in [1.82, 2.24) is 14.9 Å². The monoisotopic (exact) mass is 425 g/mol. The van der Waals surface area contributed by atoms with Gasteiger partial charge in [-0.2, -0.15) is 0 Å². The topological polar surface area (TPSA) is 79.8 Å². The zero-order chi connectivity index (χ0) is 21.5. The molecule has 0 radical (unpaired) electrons. The fourth-order valence-electron chi connectivity index (χ4n) is 3.88. The first kappa shape index (κ1) is 21.4. The number of nitrogens with one attached hydrogen (secondary N) is 1. The van der Waals surface area contributed by atoms with E-state index >= 15 is 0 Å². The van der Waals surface area contributed by atoms with E-state index in [1.165, 1.54) is 24.7 Å². The van der Waals surface area contributed by atoms with Gasteiger partial charge < -0.3 is 24.6 Å². The van der Waals surface area contributed by atoms with Crippen molar-refractivity contribution in [2.75, 3.05) is 49.6 Å². The Labute approximate surface area is 183 Å². The second-order valence-corrected chi connectivity index (χ2v) is 8.02. The molecule has 8 heteroatoms. The van der Waals surface area contributed by atoms with Crippen LogP contribution in [0.5, 0.6) is 5.88 Å². The van der Waals surface area contributed by atoms with Crippen molar-refractivity contribution in [3.8, 4) is 5.88 Å². The molecule has 2 saturated heterocycles. The number of anilines is 2. The van der Waals surface area contributed by atoms with Crippen molar-refractivity contribution < 1.29 is 14.3 Å². The molecule has 2 aliphatic rings. The van der Waals surface area contributed by atoms with E-state index < -0.39 is 0 Å². The highest BCUT2D eigenvalue weighted by Gasteiger charge is 2.28. The van der Waals surface area contributed by atoms with Crippen LogP contribution in [0.4, 0.5) is 16.3 Å². The Hall–Kier alpha value is -2.87. The number of aryl methyl sites for hydroxylation is 1. The van der Waals surface area contributed by atoms with Gasteiger partial charge in [-0.25, -0.2) is 14.8 Å². The molecule has 0 spiro atoms. The lowest BCUT2D eigenvalue weighted by atomic mass is 10.1. The second kappa shape index (κ2) is 10.4. The number of morpholine rings is 1. The Morgan fingerprint density at radius 3 is 2.77 bits per heavy atom. The van der Waals surface area contributed by atoms with Gasteiger partial charge in [0, 0.05) is 37.8 Å². The molecule has 166 valence electrons. The molecule has 1 N–H and O–H groups in total. The van der Waals surface area contributed by atoms with Gasteiger partial charge in [0.1, 0.15) is 18.2 Å². The van der Waals surface area contributed by atoms with Gasteiger partial charge in [0.15, 0.2) is 0 Å². The number of urea groups is 1. The summed E-state index contributed by atoms with van der Waals surface area (Å²) in [6, 6.07) is 9.89. The van der Waals surface area contributed by atoms with Gasteiger partial charge >= 0.3 is 6.03 Å². The normalized spacial score (nSPS) is 18.8. The third-order valence-corrected chi connectivity index (χ3v) is 5.71. The first-order chi connectivity index (χ1) is 15.2. The molecule has 31 heavy (non-hydrogen) atoms. The van der Waals surface area contributed by atoms with Crippen molar-refractivity contribution >= 4 is 17.5 Å². The molecular weight excluding hydrogens is 394 g/mol. The lowest BCUT2D eigenvalue weighted by Crippen LogP contribution is -2.36. The molecule has 4 rings (SSSR count). The lowest BCUT2D eigenvalue weighted by molar-refractivity contribution is 0.122. The van der Waals surface area contributed by atoms with Gasteiger partial charge in [-0.3, -0.25) is 0 Å². The Morgan fingerprint density at radius 2 is 2.00 bits per heavy atom. The van der Waals surface area contributed by atoms with E-state index in [1.807, 2.05) is 18.2 Å². The van der Waals surface area contributed by atoms with Crippen LogP contribution >= 0.6 is 0 Å². The Bertz CT molecular complexity index is 855. The van der Waals surface area contributed by atoms with Crippen molar-refractivity contribution in [3.63, 3.8) is 0 Å². The molecule has 1 atom stereocenters. The molecule has 3 heterocycles. The first-order valence-electron chi connectivity index (χ1n) is 11.2. The van der Waals surface area contributed by atoms with Gasteiger partial charge in [-0.05, 0) is 30.5 Å². The Kier molecular flexibility index (Phi) is 7.19. The van der Waals surface area contributed by atoms with Crippen LogP contribution in [-0.4, -0.2) is 66.4 Å². The molecule has 8 nitrogen and oxygen atoms in total. The van der Waals surface area contributed by atoms with E-state index in [-0.39, 0.29) is 12.1 Å². The third-order valence-electron chi connectivity index (χ3n) is 5.71. The van der Waals surface area contributed by atoms with E-state index in [0.717, 1.165) is 37.4 Å². The van der Waals surface area contributed by atoms with Crippen LogP contribution in [0.2, 0.25) is 0 Å². The summed E-state index contributed by atoms with van der Waals surface area (Å²) >= 11 is 0. The van der Waals surface area contributed by atoms with E-state index in [1.54, 1.807) is 4.90 Å². The zero-order valence-corrected chi connectivity index (χ0v) is 18.1. The molecule has 1 unspecified atom stereocenters. The van der Waals surface area contributed by atoms with Gasteiger partial charge in [0.05, 0.1) is 19.8 Å². The molecule has 0 bridgehead atoms. The van der Waals surface area contributed by atoms with Crippen LogP contribution < -0.4 is 15.0 Å². The van der Waals surface area contributed by atoms with Crippen molar-refractivity contribution in [2.45, 2.75) is 38.7 Å². The molecule has 0 saturated carbocycles. The van der Waals surface area contributed by atoms with Gasteiger partial charge in [0.25, 0.3) is 0 Å². The van der Waals surface area contributed by atoms with Crippen molar-refractivity contribution in [1.29, 1.82) is 0 Å². The summed E-state index contributed by atoms with van der Waals surface area (Å²) in [5.74, 6) is 1.40. The standard InChI is InChI=1S/C23H31N5O3/c1-2-3-4-18-5-7-19(8-6-18)26-23(29)28-10-9-20(16-28)31-22-15-21(24-17-25-22)27-11-13-30-14-12-27/h5-8,15,17,20H,2-4,9-14,16H2,1H3,(H,26,29). The number of unbranched alkanes of at least 4 members (excludes halogenated alkanes) is 1. The summed E-state index contributed by atoms with van der Waals surface area (Å²) in [6.07, 6.45) is 5.67. The smallest absolute Gasteiger partial charge is 0.321 e.